The average Bonchev–Trinajstić information content (AvgIpc) is 2.95. The molecule has 2 aromatic rings. The average molecular weight is 533 g/mol. The van der Waals surface area contributed by atoms with Crippen LogP contribution in [0.4, 0.5) is 8.78 Å². The Bertz CT molecular complexity index is 837. The number of hydrogen-bond acceptors (Lipinski definition) is 4. The molecule has 1 aliphatic heterocycles. The second-order valence-corrected chi connectivity index (χ2v) is 6.37. The van der Waals surface area contributed by atoms with Crippen LogP contribution in [-0.4, -0.2) is 32.3 Å². The van der Waals surface area contributed by atoms with Crippen LogP contribution in [0.1, 0.15) is 24.5 Å². The smallest absolute Gasteiger partial charge is 0.387 e. The van der Waals surface area contributed by atoms with Crippen molar-refractivity contribution in [2.24, 2.45) is 4.99 Å². The first-order chi connectivity index (χ1) is 14.2. The first-order valence-electron chi connectivity index (χ1n) is 9.59. The number of benzene rings is 2. The molecule has 0 aliphatic carbocycles. The summed E-state index contributed by atoms with van der Waals surface area (Å²) in [6.45, 7) is 1.77. The Kier molecular flexibility index (Phi) is 9.92. The van der Waals surface area contributed by atoms with E-state index in [1.54, 1.807) is 18.2 Å². The number of aliphatic imine (C=N–C) groups is 1. The molecule has 0 spiro atoms. The van der Waals surface area contributed by atoms with Crippen molar-refractivity contribution in [3.8, 4) is 17.2 Å². The lowest BCUT2D eigenvalue weighted by Crippen LogP contribution is -2.36. The molecule has 0 atom stereocenters. The molecule has 9 heteroatoms. The van der Waals surface area contributed by atoms with Gasteiger partial charge in [0.25, 0.3) is 0 Å². The number of fused-ring (bicyclic) bond motifs is 1. The number of para-hydroxylation sites is 1. The van der Waals surface area contributed by atoms with Crippen LogP contribution in [0, 0.1) is 0 Å². The first kappa shape index (κ1) is 24.0. The third-order valence-corrected chi connectivity index (χ3v) is 4.21. The molecule has 0 fully saturated rings. The summed E-state index contributed by atoms with van der Waals surface area (Å²) in [5.41, 5.74) is 1.60. The lowest BCUT2D eigenvalue weighted by molar-refractivity contribution is -0.0504. The number of rotatable bonds is 7. The fourth-order valence-electron chi connectivity index (χ4n) is 2.86. The monoisotopic (exact) mass is 533 g/mol. The highest BCUT2D eigenvalue weighted by Crippen LogP contribution is 2.30. The van der Waals surface area contributed by atoms with E-state index in [1.807, 2.05) is 25.1 Å². The Morgan fingerprint density at radius 3 is 2.63 bits per heavy atom. The molecule has 3 rings (SSSR count). The van der Waals surface area contributed by atoms with Crippen molar-refractivity contribution in [2.75, 3.05) is 19.8 Å². The molecule has 0 bridgehead atoms. The Labute approximate surface area is 192 Å². The third-order valence-electron chi connectivity index (χ3n) is 4.21. The molecule has 1 heterocycles. The fraction of sp³-hybridized carbons (Fsp3) is 0.381. The van der Waals surface area contributed by atoms with Gasteiger partial charge in [0.15, 0.2) is 17.5 Å². The van der Waals surface area contributed by atoms with Crippen molar-refractivity contribution in [1.29, 1.82) is 0 Å². The Morgan fingerprint density at radius 1 is 1.10 bits per heavy atom. The molecule has 1 aliphatic rings. The van der Waals surface area contributed by atoms with E-state index < -0.39 is 6.61 Å². The molecule has 0 unspecified atom stereocenters. The molecule has 0 amide bonds. The SMILES string of the molecule is CCNC(=NCc1ccc2c(c1)OCCCO2)NCc1ccccc1OC(F)F.I. The van der Waals surface area contributed by atoms with E-state index in [9.17, 15) is 8.78 Å². The van der Waals surface area contributed by atoms with Crippen molar-refractivity contribution in [1.82, 2.24) is 10.6 Å². The number of guanidine groups is 1. The van der Waals surface area contributed by atoms with Crippen LogP contribution < -0.4 is 24.8 Å². The maximum absolute atomic E-state index is 12.6. The summed E-state index contributed by atoms with van der Waals surface area (Å²) in [5.74, 6) is 2.20. The number of halogens is 3. The maximum Gasteiger partial charge on any atom is 0.387 e. The van der Waals surface area contributed by atoms with Crippen LogP contribution in [0.25, 0.3) is 0 Å². The van der Waals surface area contributed by atoms with Crippen molar-refractivity contribution in [2.45, 2.75) is 33.0 Å². The van der Waals surface area contributed by atoms with E-state index in [4.69, 9.17) is 9.47 Å². The zero-order valence-electron chi connectivity index (χ0n) is 16.7. The highest BCUT2D eigenvalue weighted by atomic mass is 127. The van der Waals surface area contributed by atoms with Crippen molar-refractivity contribution in [3.05, 3.63) is 53.6 Å². The standard InChI is InChI=1S/C21H25F2N3O3.HI/c1-2-24-21(26-14-16-6-3-4-7-17(16)29-20(22)23)25-13-15-8-9-18-19(12-15)28-11-5-10-27-18;/h3-4,6-9,12,20H,2,5,10-11,13-14H2,1H3,(H2,24,25,26);1H. The number of nitrogens with one attached hydrogen (secondary N) is 2. The molecule has 0 saturated carbocycles. The second-order valence-electron chi connectivity index (χ2n) is 6.37. The second kappa shape index (κ2) is 12.4. The quantitative estimate of drug-likeness (QED) is 0.316. The van der Waals surface area contributed by atoms with E-state index >= 15 is 0 Å². The van der Waals surface area contributed by atoms with Crippen molar-refractivity contribution < 1.29 is 23.0 Å². The summed E-state index contributed by atoms with van der Waals surface area (Å²) < 4.78 is 41.1. The predicted octanol–water partition coefficient (Wildman–Crippen LogP) is 4.32. The molecule has 0 aromatic heterocycles. The van der Waals surface area contributed by atoms with Gasteiger partial charge in [-0.2, -0.15) is 8.78 Å². The van der Waals surface area contributed by atoms with E-state index in [0.717, 1.165) is 23.5 Å². The van der Waals surface area contributed by atoms with Crippen LogP contribution in [0.15, 0.2) is 47.5 Å². The van der Waals surface area contributed by atoms with Gasteiger partial charge in [0.2, 0.25) is 0 Å². The number of ether oxygens (including phenoxy) is 3. The molecule has 0 saturated heterocycles. The van der Waals surface area contributed by atoms with Gasteiger partial charge in [-0.25, -0.2) is 4.99 Å². The highest BCUT2D eigenvalue weighted by molar-refractivity contribution is 14.0. The van der Waals surface area contributed by atoms with Gasteiger partial charge in [-0.3, -0.25) is 0 Å². The zero-order valence-corrected chi connectivity index (χ0v) is 19.0. The lowest BCUT2D eigenvalue weighted by Gasteiger charge is -2.14. The minimum atomic E-state index is -2.86. The van der Waals surface area contributed by atoms with Gasteiger partial charge in [-0.1, -0.05) is 24.3 Å². The summed E-state index contributed by atoms with van der Waals surface area (Å²) >= 11 is 0. The van der Waals surface area contributed by atoms with Gasteiger partial charge >= 0.3 is 6.61 Å². The van der Waals surface area contributed by atoms with Crippen LogP contribution in [-0.2, 0) is 13.1 Å². The van der Waals surface area contributed by atoms with Gasteiger partial charge in [0.1, 0.15) is 5.75 Å². The number of hydrogen-bond donors (Lipinski definition) is 2. The third kappa shape index (κ3) is 7.19. The Morgan fingerprint density at radius 2 is 1.87 bits per heavy atom. The molecular weight excluding hydrogens is 507 g/mol. The molecule has 6 nitrogen and oxygen atoms in total. The molecule has 2 N–H and O–H groups in total. The summed E-state index contributed by atoms with van der Waals surface area (Å²) in [7, 11) is 0. The number of nitrogens with zero attached hydrogens (tertiary/aromatic N) is 1. The topological polar surface area (TPSA) is 64.1 Å². The van der Waals surface area contributed by atoms with Crippen LogP contribution >= 0.6 is 24.0 Å². The molecule has 30 heavy (non-hydrogen) atoms. The highest BCUT2D eigenvalue weighted by Gasteiger charge is 2.11. The predicted molar refractivity (Wildman–Crippen MR) is 122 cm³/mol. The van der Waals surface area contributed by atoms with E-state index in [1.165, 1.54) is 6.07 Å². The van der Waals surface area contributed by atoms with Gasteiger partial charge in [-0.05, 0) is 30.7 Å². The van der Waals surface area contributed by atoms with E-state index in [-0.39, 0.29) is 29.7 Å². The van der Waals surface area contributed by atoms with Crippen LogP contribution in [0.5, 0.6) is 17.2 Å². The van der Waals surface area contributed by atoms with Gasteiger partial charge in [0.05, 0.1) is 19.8 Å². The molecule has 0 radical (unpaired) electrons. The van der Waals surface area contributed by atoms with E-state index in [0.29, 0.717) is 44.4 Å². The van der Waals surface area contributed by atoms with Gasteiger partial charge < -0.3 is 24.8 Å². The zero-order chi connectivity index (χ0) is 20.5. The van der Waals surface area contributed by atoms with Crippen molar-refractivity contribution in [3.63, 3.8) is 0 Å². The molecular formula is C21H26F2IN3O3. The van der Waals surface area contributed by atoms with Gasteiger partial charge in [0, 0.05) is 25.1 Å². The maximum atomic E-state index is 12.6. The summed E-state index contributed by atoms with van der Waals surface area (Å²) in [6, 6.07) is 12.5. The normalized spacial score (nSPS) is 13.3. The minimum absolute atomic E-state index is 0. The molecule has 2 aromatic carbocycles. The Hall–Kier alpha value is -2.30. The summed E-state index contributed by atoms with van der Waals surface area (Å²) in [4.78, 5) is 4.57. The summed E-state index contributed by atoms with van der Waals surface area (Å²) in [5, 5.41) is 6.30. The first-order valence-corrected chi connectivity index (χ1v) is 9.59. The minimum Gasteiger partial charge on any atom is -0.490 e. The molecule has 164 valence electrons. The number of alkyl halides is 2. The van der Waals surface area contributed by atoms with Crippen LogP contribution in [0.2, 0.25) is 0 Å². The Balaban J connectivity index is 0.00000320. The van der Waals surface area contributed by atoms with Crippen molar-refractivity contribution >= 4 is 29.9 Å². The van der Waals surface area contributed by atoms with Crippen LogP contribution in [0.3, 0.4) is 0 Å². The summed E-state index contributed by atoms with van der Waals surface area (Å²) in [6.07, 6.45) is 0.855. The fourth-order valence-corrected chi connectivity index (χ4v) is 2.86. The van der Waals surface area contributed by atoms with E-state index in [2.05, 4.69) is 20.4 Å². The van der Waals surface area contributed by atoms with Gasteiger partial charge in [-0.15, -0.1) is 24.0 Å². The lowest BCUT2D eigenvalue weighted by atomic mass is 10.2. The largest absolute Gasteiger partial charge is 0.490 e.